The van der Waals surface area contributed by atoms with Gasteiger partial charge in [-0.3, -0.25) is 0 Å². The van der Waals surface area contributed by atoms with Crippen molar-refractivity contribution < 1.29 is 0 Å². The molecule has 1 heterocycles. The summed E-state index contributed by atoms with van der Waals surface area (Å²) in [4.78, 5) is 1.00. The molecule has 0 aliphatic heterocycles. The summed E-state index contributed by atoms with van der Waals surface area (Å²) >= 11 is 1.56. The molecule has 0 unspecified atom stereocenters. The van der Waals surface area contributed by atoms with Crippen molar-refractivity contribution in [3.05, 3.63) is 28.5 Å². The van der Waals surface area contributed by atoms with Crippen molar-refractivity contribution in [2.75, 3.05) is 0 Å². The van der Waals surface area contributed by atoms with Crippen LogP contribution < -0.4 is 0 Å². The summed E-state index contributed by atoms with van der Waals surface area (Å²) in [5, 5.41) is 10.5. The highest BCUT2D eigenvalue weighted by Gasteiger charge is 2.01. The Morgan fingerprint density at radius 2 is 2.50 bits per heavy atom. The summed E-state index contributed by atoms with van der Waals surface area (Å²) in [7, 11) is 0. The molecule has 1 nitrogen and oxygen atoms in total. The van der Waals surface area contributed by atoms with E-state index in [2.05, 4.69) is 6.58 Å². The SMILES string of the molecule is C=C(C#N)c1sccc1C. The van der Waals surface area contributed by atoms with Gasteiger partial charge in [0.25, 0.3) is 0 Å². The Hall–Kier alpha value is -1.07. The highest BCUT2D eigenvalue weighted by molar-refractivity contribution is 7.11. The minimum absolute atomic E-state index is 0.563. The third-order valence-corrected chi connectivity index (χ3v) is 2.35. The molecule has 1 aromatic heterocycles. The van der Waals surface area contributed by atoms with Gasteiger partial charge in [0.05, 0.1) is 11.6 Å². The number of hydrogen-bond acceptors (Lipinski definition) is 2. The fraction of sp³-hybridized carbons (Fsp3) is 0.125. The first-order valence-corrected chi connectivity index (χ1v) is 3.77. The van der Waals surface area contributed by atoms with Crippen molar-refractivity contribution >= 4 is 16.9 Å². The van der Waals surface area contributed by atoms with E-state index < -0.39 is 0 Å². The Labute approximate surface area is 64.2 Å². The Morgan fingerprint density at radius 3 is 2.90 bits per heavy atom. The first kappa shape index (κ1) is 7.04. The number of aryl methyl sites for hydroxylation is 1. The second-order valence-electron chi connectivity index (χ2n) is 2.02. The average molecular weight is 149 g/mol. The van der Waals surface area contributed by atoms with E-state index in [9.17, 15) is 0 Å². The fourth-order valence-electron chi connectivity index (χ4n) is 0.733. The number of thiophene rings is 1. The van der Waals surface area contributed by atoms with Crippen molar-refractivity contribution in [1.82, 2.24) is 0 Å². The van der Waals surface area contributed by atoms with Crippen molar-refractivity contribution in [2.45, 2.75) is 6.92 Å². The van der Waals surface area contributed by atoms with Crippen LogP contribution in [0.1, 0.15) is 10.4 Å². The minimum Gasteiger partial charge on any atom is -0.192 e. The molecule has 0 spiro atoms. The maximum absolute atomic E-state index is 8.49. The van der Waals surface area contributed by atoms with Gasteiger partial charge in [0.1, 0.15) is 0 Å². The molecule has 2 heteroatoms. The summed E-state index contributed by atoms with van der Waals surface area (Å²) in [5.41, 5.74) is 1.70. The summed E-state index contributed by atoms with van der Waals surface area (Å²) in [6, 6.07) is 4.01. The molecule has 0 fully saturated rings. The molecule has 0 bridgehead atoms. The van der Waals surface area contributed by atoms with Crippen LogP contribution in [0.5, 0.6) is 0 Å². The number of hydrogen-bond donors (Lipinski definition) is 0. The zero-order chi connectivity index (χ0) is 7.56. The maximum atomic E-state index is 8.49. The molecule has 0 N–H and O–H groups in total. The van der Waals surface area contributed by atoms with Gasteiger partial charge in [-0.25, -0.2) is 0 Å². The van der Waals surface area contributed by atoms with Gasteiger partial charge < -0.3 is 0 Å². The van der Waals surface area contributed by atoms with Crippen LogP contribution in [-0.4, -0.2) is 0 Å². The van der Waals surface area contributed by atoms with Crippen molar-refractivity contribution in [3.8, 4) is 6.07 Å². The molecule has 1 aromatic rings. The van der Waals surface area contributed by atoms with E-state index in [1.807, 2.05) is 24.4 Å². The van der Waals surface area contributed by atoms with Crippen LogP contribution in [0, 0.1) is 18.3 Å². The Balaban J connectivity index is 3.08. The van der Waals surface area contributed by atoms with Gasteiger partial charge >= 0.3 is 0 Å². The van der Waals surface area contributed by atoms with Crippen molar-refractivity contribution in [2.24, 2.45) is 0 Å². The van der Waals surface area contributed by atoms with Crippen LogP contribution in [0.2, 0.25) is 0 Å². The molecule has 10 heavy (non-hydrogen) atoms. The van der Waals surface area contributed by atoms with Crippen molar-refractivity contribution in [3.63, 3.8) is 0 Å². The predicted octanol–water partition coefficient (Wildman–Crippen LogP) is 2.59. The van der Waals surface area contributed by atoms with Gasteiger partial charge in [0, 0.05) is 4.88 Å². The molecule has 0 aliphatic rings. The molecule has 0 aliphatic carbocycles. The summed E-state index contributed by atoms with van der Waals surface area (Å²) < 4.78 is 0. The van der Waals surface area contributed by atoms with E-state index in [4.69, 9.17) is 5.26 Å². The van der Waals surface area contributed by atoms with Gasteiger partial charge in [-0.15, -0.1) is 11.3 Å². The largest absolute Gasteiger partial charge is 0.192 e. The minimum atomic E-state index is 0.563. The summed E-state index contributed by atoms with van der Waals surface area (Å²) in [6.07, 6.45) is 0. The van der Waals surface area contributed by atoms with E-state index in [-0.39, 0.29) is 0 Å². The molecular weight excluding hydrogens is 142 g/mol. The number of nitrogens with zero attached hydrogens (tertiary/aromatic N) is 1. The maximum Gasteiger partial charge on any atom is 0.1000 e. The Morgan fingerprint density at radius 1 is 1.80 bits per heavy atom. The first-order valence-electron chi connectivity index (χ1n) is 2.89. The topological polar surface area (TPSA) is 23.8 Å². The summed E-state index contributed by atoms with van der Waals surface area (Å²) in [6.45, 7) is 5.61. The van der Waals surface area contributed by atoms with E-state index >= 15 is 0 Å². The first-order chi connectivity index (χ1) is 4.75. The molecule has 0 amide bonds. The lowest BCUT2D eigenvalue weighted by Crippen LogP contribution is -1.74. The Kier molecular flexibility index (Phi) is 1.88. The third kappa shape index (κ3) is 1.09. The molecule has 0 atom stereocenters. The molecule has 0 saturated heterocycles. The lowest BCUT2D eigenvalue weighted by atomic mass is 10.2. The molecule has 1 rings (SSSR count). The summed E-state index contributed by atoms with van der Waals surface area (Å²) in [5.74, 6) is 0. The van der Waals surface area contributed by atoms with Crippen LogP contribution in [0.25, 0.3) is 5.57 Å². The molecule has 0 saturated carbocycles. The molecular formula is C8H7NS. The van der Waals surface area contributed by atoms with Crippen LogP contribution in [0.4, 0.5) is 0 Å². The normalized spacial score (nSPS) is 8.80. The third-order valence-electron chi connectivity index (χ3n) is 1.27. The smallest absolute Gasteiger partial charge is 0.1000 e. The number of rotatable bonds is 1. The highest BCUT2D eigenvalue weighted by atomic mass is 32.1. The highest BCUT2D eigenvalue weighted by Crippen LogP contribution is 2.22. The van der Waals surface area contributed by atoms with E-state index in [1.165, 1.54) is 0 Å². The molecule has 0 aromatic carbocycles. The average Bonchev–Trinajstić information content (AvgIpc) is 2.34. The van der Waals surface area contributed by atoms with Crippen molar-refractivity contribution in [1.29, 1.82) is 5.26 Å². The molecule has 0 radical (unpaired) electrons. The van der Waals surface area contributed by atoms with Gasteiger partial charge in [0.15, 0.2) is 0 Å². The van der Waals surface area contributed by atoms with Crippen LogP contribution in [0.3, 0.4) is 0 Å². The Bertz CT molecular complexity index is 290. The van der Waals surface area contributed by atoms with Gasteiger partial charge in [-0.1, -0.05) is 6.58 Å². The van der Waals surface area contributed by atoms with E-state index in [0.717, 1.165) is 10.4 Å². The van der Waals surface area contributed by atoms with Crippen LogP contribution in [0.15, 0.2) is 18.0 Å². The lowest BCUT2D eigenvalue weighted by Gasteiger charge is -1.90. The van der Waals surface area contributed by atoms with Gasteiger partial charge in [-0.05, 0) is 23.9 Å². The number of nitriles is 1. The van der Waals surface area contributed by atoms with Crippen LogP contribution >= 0.6 is 11.3 Å². The zero-order valence-electron chi connectivity index (χ0n) is 5.72. The quantitative estimate of drug-likeness (QED) is 0.563. The van der Waals surface area contributed by atoms with E-state index in [0.29, 0.717) is 5.57 Å². The monoisotopic (exact) mass is 149 g/mol. The second-order valence-corrected chi connectivity index (χ2v) is 2.94. The predicted molar refractivity (Wildman–Crippen MR) is 43.7 cm³/mol. The molecule has 50 valence electrons. The second kappa shape index (κ2) is 2.68. The number of allylic oxidation sites excluding steroid dienone is 1. The fourth-order valence-corrected chi connectivity index (χ4v) is 1.58. The van der Waals surface area contributed by atoms with Gasteiger partial charge in [0.2, 0.25) is 0 Å². The standard InChI is InChI=1S/C8H7NS/c1-6-3-4-10-8(6)7(2)5-9/h3-4H,2H2,1H3. The van der Waals surface area contributed by atoms with Crippen LogP contribution in [-0.2, 0) is 0 Å². The van der Waals surface area contributed by atoms with E-state index in [1.54, 1.807) is 11.3 Å². The van der Waals surface area contributed by atoms with Gasteiger partial charge in [-0.2, -0.15) is 5.26 Å². The lowest BCUT2D eigenvalue weighted by molar-refractivity contribution is 1.50. The zero-order valence-corrected chi connectivity index (χ0v) is 6.53.